The standard InChI is InChI=1S/C33H35F3N4O3/c1-22-4-13-30(26(18-22)21-41)39-16-14-29(19-39)38(3)32(43)40-17-15-28(20-40)37(2)31(42)25-7-5-23(6-8-25)24-9-11-27(12-10-24)33(34,35)36/h4-13,18,21,28-29H,14-17,19-20H2,1-3H3. The summed E-state index contributed by atoms with van der Waals surface area (Å²) in [5.41, 5.74) is 3.66. The minimum absolute atomic E-state index is 0.00916. The van der Waals surface area contributed by atoms with Crippen LogP contribution in [0.5, 0.6) is 0 Å². The van der Waals surface area contributed by atoms with E-state index in [1.165, 1.54) is 12.1 Å². The van der Waals surface area contributed by atoms with Gasteiger partial charge in [0.2, 0.25) is 0 Å². The van der Waals surface area contributed by atoms with Crippen LogP contribution >= 0.6 is 0 Å². The Morgan fingerprint density at radius 3 is 2.07 bits per heavy atom. The number of likely N-dealkylation sites (N-methyl/N-ethyl adjacent to an activating group) is 2. The van der Waals surface area contributed by atoms with E-state index in [1.54, 1.807) is 46.0 Å². The van der Waals surface area contributed by atoms with E-state index in [0.717, 1.165) is 42.6 Å². The normalized spacial score (nSPS) is 18.6. The SMILES string of the molecule is Cc1ccc(N2CCC(N(C)C(=O)N3CCC(N(C)C(=O)c4ccc(-c5ccc(C(F)(F)F)cc5)cc4)C3)C2)c(C=O)c1. The lowest BCUT2D eigenvalue weighted by atomic mass is 10.0. The van der Waals surface area contributed by atoms with Gasteiger partial charge in [-0.25, -0.2) is 4.79 Å². The summed E-state index contributed by atoms with van der Waals surface area (Å²) in [6.45, 7) is 4.32. The second-order valence-corrected chi connectivity index (χ2v) is 11.4. The Morgan fingerprint density at radius 2 is 1.44 bits per heavy atom. The maximum atomic E-state index is 13.4. The maximum Gasteiger partial charge on any atom is 0.416 e. The lowest BCUT2D eigenvalue weighted by molar-refractivity contribution is -0.137. The third-order valence-electron chi connectivity index (χ3n) is 8.64. The van der Waals surface area contributed by atoms with Gasteiger partial charge in [0, 0.05) is 57.1 Å². The van der Waals surface area contributed by atoms with E-state index in [-0.39, 0.29) is 24.0 Å². The predicted molar refractivity (Wildman–Crippen MR) is 159 cm³/mol. The number of benzene rings is 3. The summed E-state index contributed by atoms with van der Waals surface area (Å²) in [5.74, 6) is -0.179. The zero-order valence-electron chi connectivity index (χ0n) is 24.5. The molecule has 43 heavy (non-hydrogen) atoms. The number of rotatable bonds is 6. The molecule has 2 atom stereocenters. The van der Waals surface area contributed by atoms with Gasteiger partial charge in [-0.15, -0.1) is 0 Å². The van der Waals surface area contributed by atoms with Gasteiger partial charge in [0.25, 0.3) is 5.91 Å². The molecule has 3 aromatic rings. The molecular formula is C33H35F3N4O3. The molecule has 0 aromatic heterocycles. The monoisotopic (exact) mass is 592 g/mol. The van der Waals surface area contributed by atoms with Gasteiger partial charge in [-0.05, 0) is 67.3 Å². The summed E-state index contributed by atoms with van der Waals surface area (Å²) in [7, 11) is 3.54. The maximum absolute atomic E-state index is 13.4. The van der Waals surface area contributed by atoms with E-state index in [0.29, 0.717) is 48.3 Å². The molecule has 0 N–H and O–H groups in total. The van der Waals surface area contributed by atoms with E-state index in [9.17, 15) is 27.6 Å². The Kier molecular flexibility index (Phi) is 8.48. The number of nitrogens with zero attached hydrogens (tertiary/aromatic N) is 4. The molecule has 2 fully saturated rings. The Morgan fingerprint density at radius 1 is 0.837 bits per heavy atom. The molecular weight excluding hydrogens is 557 g/mol. The number of carbonyl (C=O) groups excluding carboxylic acids is 3. The van der Waals surface area contributed by atoms with Crippen molar-refractivity contribution in [2.75, 3.05) is 45.2 Å². The van der Waals surface area contributed by atoms with Gasteiger partial charge in [-0.3, -0.25) is 9.59 Å². The number of urea groups is 1. The fourth-order valence-electron chi connectivity index (χ4n) is 5.97. The van der Waals surface area contributed by atoms with Crippen molar-refractivity contribution in [2.45, 2.75) is 38.0 Å². The lowest BCUT2D eigenvalue weighted by Gasteiger charge is -2.31. The van der Waals surface area contributed by atoms with Crippen molar-refractivity contribution < 1.29 is 27.6 Å². The molecule has 7 nitrogen and oxygen atoms in total. The number of hydrogen-bond donors (Lipinski definition) is 0. The highest BCUT2D eigenvalue weighted by Gasteiger charge is 2.36. The van der Waals surface area contributed by atoms with Crippen molar-refractivity contribution in [2.24, 2.45) is 0 Å². The first-order chi connectivity index (χ1) is 20.5. The highest BCUT2D eigenvalue weighted by atomic mass is 19.4. The second kappa shape index (κ2) is 12.1. The van der Waals surface area contributed by atoms with Gasteiger partial charge < -0.3 is 19.6 Å². The molecule has 0 bridgehead atoms. The number of halogens is 3. The fourth-order valence-corrected chi connectivity index (χ4v) is 5.97. The van der Waals surface area contributed by atoms with Crippen LogP contribution in [0.3, 0.4) is 0 Å². The predicted octanol–water partition coefficient (Wildman–Crippen LogP) is 5.97. The summed E-state index contributed by atoms with van der Waals surface area (Å²) < 4.78 is 38.6. The van der Waals surface area contributed by atoms with E-state index >= 15 is 0 Å². The minimum atomic E-state index is -4.39. The van der Waals surface area contributed by atoms with Crippen LogP contribution in [-0.4, -0.2) is 85.3 Å². The largest absolute Gasteiger partial charge is 0.416 e. The third-order valence-corrected chi connectivity index (χ3v) is 8.64. The van der Waals surface area contributed by atoms with Crippen LogP contribution < -0.4 is 4.90 Å². The Bertz CT molecular complexity index is 1490. The smallest absolute Gasteiger partial charge is 0.369 e. The molecule has 2 unspecified atom stereocenters. The Hall–Kier alpha value is -4.34. The van der Waals surface area contributed by atoms with Crippen LogP contribution in [0.2, 0.25) is 0 Å². The summed E-state index contributed by atoms with van der Waals surface area (Å²) in [6.07, 6.45) is -2.06. The zero-order chi connectivity index (χ0) is 30.9. The molecule has 3 aromatic carbocycles. The molecule has 0 radical (unpaired) electrons. The molecule has 0 saturated carbocycles. The first kappa shape index (κ1) is 30.1. The molecule has 10 heteroatoms. The first-order valence-corrected chi connectivity index (χ1v) is 14.3. The molecule has 2 aliphatic rings. The average Bonchev–Trinajstić information content (AvgIpc) is 3.70. The lowest BCUT2D eigenvalue weighted by Crippen LogP contribution is -2.47. The van der Waals surface area contributed by atoms with Crippen LogP contribution in [0.15, 0.2) is 66.7 Å². The highest BCUT2D eigenvalue weighted by Crippen LogP contribution is 2.31. The van der Waals surface area contributed by atoms with Gasteiger partial charge in [0.1, 0.15) is 0 Å². The van der Waals surface area contributed by atoms with Crippen molar-refractivity contribution in [3.8, 4) is 11.1 Å². The van der Waals surface area contributed by atoms with E-state index in [1.807, 2.05) is 32.2 Å². The van der Waals surface area contributed by atoms with Crippen LogP contribution in [0.4, 0.5) is 23.7 Å². The fraction of sp³-hybridized carbons (Fsp3) is 0.364. The Labute approximate surface area is 249 Å². The number of aryl methyl sites for hydroxylation is 1. The summed E-state index contributed by atoms with van der Waals surface area (Å²) in [5, 5.41) is 0. The molecule has 0 aliphatic carbocycles. The van der Waals surface area contributed by atoms with Crippen molar-refractivity contribution in [3.05, 3.63) is 89.0 Å². The number of likely N-dealkylation sites (tertiary alicyclic amines) is 1. The van der Waals surface area contributed by atoms with Crippen LogP contribution in [0.1, 0.15) is 44.7 Å². The van der Waals surface area contributed by atoms with Gasteiger partial charge in [0.15, 0.2) is 6.29 Å². The van der Waals surface area contributed by atoms with Crippen LogP contribution in [0.25, 0.3) is 11.1 Å². The van der Waals surface area contributed by atoms with Crippen molar-refractivity contribution in [1.82, 2.24) is 14.7 Å². The first-order valence-electron chi connectivity index (χ1n) is 14.3. The summed E-state index contributed by atoms with van der Waals surface area (Å²) >= 11 is 0. The minimum Gasteiger partial charge on any atom is -0.369 e. The summed E-state index contributed by atoms with van der Waals surface area (Å²) in [6, 6.07) is 17.3. The number of alkyl halides is 3. The van der Waals surface area contributed by atoms with Crippen molar-refractivity contribution in [1.29, 1.82) is 0 Å². The number of hydrogen-bond acceptors (Lipinski definition) is 4. The quantitative estimate of drug-likeness (QED) is 0.331. The van der Waals surface area contributed by atoms with E-state index < -0.39 is 11.7 Å². The highest BCUT2D eigenvalue weighted by molar-refractivity contribution is 5.95. The summed E-state index contributed by atoms with van der Waals surface area (Å²) in [4.78, 5) is 45.7. The molecule has 2 aliphatic heterocycles. The molecule has 2 heterocycles. The van der Waals surface area contributed by atoms with E-state index in [2.05, 4.69) is 4.90 Å². The molecule has 5 rings (SSSR count). The number of carbonyl (C=O) groups is 3. The zero-order valence-corrected chi connectivity index (χ0v) is 24.5. The van der Waals surface area contributed by atoms with Gasteiger partial charge >= 0.3 is 12.2 Å². The van der Waals surface area contributed by atoms with Crippen LogP contribution in [0, 0.1) is 6.92 Å². The number of anilines is 1. The molecule has 2 saturated heterocycles. The third kappa shape index (κ3) is 6.38. The van der Waals surface area contributed by atoms with Gasteiger partial charge in [-0.1, -0.05) is 35.9 Å². The second-order valence-electron chi connectivity index (χ2n) is 11.4. The van der Waals surface area contributed by atoms with Gasteiger partial charge in [-0.2, -0.15) is 13.2 Å². The molecule has 0 spiro atoms. The molecule has 226 valence electrons. The van der Waals surface area contributed by atoms with E-state index in [4.69, 9.17) is 0 Å². The Balaban J connectivity index is 1.16. The topological polar surface area (TPSA) is 64.2 Å². The number of aldehydes is 1. The van der Waals surface area contributed by atoms with Crippen molar-refractivity contribution in [3.63, 3.8) is 0 Å². The van der Waals surface area contributed by atoms with Crippen LogP contribution in [-0.2, 0) is 6.18 Å². The number of amides is 3. The molecule has 3 amide bonds. The van der Waals surface area contributed by atoms with Crippen molar-refractivity contribution >= 4 is 23.9 Å². The average molecular weight is 593 g/mol. The van der Waals surface area contributed by atoms with Gasteiger partial charge in [0.05, 0.1) is 17.6 Å².